The number of aliphatic hydroxyl groups excluding tert-OH is 1. The summed E-state index contributed by atoms with van der Waals surface area (Å²) >= 11 is 0. The summed E-state index contributed by atoms with van der Waals surface area (Å²) in [7, 11) is 0. The molecular formula is C16H30O3. The highest BCUT2D eigenvalue weighted by atomic mass is 16.4. The molecule has 0 aromatic rings. The van der Waals surface area contributed by atoms with Crippen LogP contribution in [0.15, 0.2) is 24.5 Å². The van der Waals surface area contributed by atoms with Gasteiger partial charge in [0, 0.05) is 6.92 Å². The van der Waals surface area contributed by atoms with Crippen LogP contribution >= 0.6 is 0 Å². The van der Waals surface area contributed by atoms with Crippen molar-refractivity contribution >= 4 is 5.97 Å². The van der Waals surface area contributed by atoms with Crippen LogP contribution in [0, 0.1) is 0 Å². The number of hydrogen-bond acceptors (Lipinski definition) is 2. The number of aliphatic hydroxyl groups is 1. The van der Waals surface area contributed by atoms with Gasteiger partial charge in [0.15, 0.2) is 0 Å². The van der Waals surface area contributed by atoms with Gasteiger partial charge in [-0.3, -0.25) is 4.79 Å². The van der Waals surface area contributed by atoms with Gasteiger partial charge in [0.05, 0.1) is 6.26 Å². The van der Waals surface area contributed by atoms with Crippen LogP contribution < -0.4 is 0 Å². The molecule has 0 radical (unpaired) electrons. The van der Waals surface area contributed by atoms with Gasteiger partial charge < -0.3 is 10.2 Å². The van der Waals surface area contributed by atoms with Crippen LogP contribution in [0.1, 0.15) is 71.6 Å². The summed E-state index contributed by atoms with van der Waals surface area (Å²) in [5, 5.41) is 15.8. The highest BCUT2D eigenvalue weighted by Crippen LogP contribution is 2.09. The Bertz CT molecular complexity index is 228. The summed E-state index contributed by atoms with van der Waals surface area (Å²) in [5.74, 6) is -0.833. The van der Waals surface area contributed by atoms with Gasteiger partial charge in [0.1, 0.15) is 0 Å². The predicted molar refractivity (Wildman–Crippen MR) is 81.4 cm³/mol. The minimum Gasteiger partial charge on any atom is -0.516 e. The number of rotatable bonds is 10. The summed E-state index contributed by atoms with van der Waals surface area (Å²) in [6, 6.07) is 0. The zero-order valence-electron chi connectivity index (χ0n) is 12.5. The molecule has 0 aromatic heterocycles. The molecule has 2 N–H and O–H groups in total. The molecule has 0 spiro atoms. The fourth-order valence-corrected chi connectivity index (χ4v) is 1.59. The van der Waals surface area contributed by atoms with Crippen molar-refractivity contribution in [3.8, 4) is 0 Å². The maximum absolute atomic E-state index is 9.00. The molecule has 0 fully saturated rings. The normalized spacial score (nSPS) is 10.6. The van der Waals surface area contributed by atoms with Gasteiger partial charge in [-0.15, -0.1) is 0 Å². The Morgan fingerprint density at radius 2 is 1.32 bits per heavy atom. The summed E-state index contributed by atoms with van der Waals surface area (Å²) in [4.78, 5) is 9.00. The van der Waals surface area contributed by atoms with E-state index in [0.29, 0.717) is 0 Å². The Labute approximate surface area is 118 Å². The van der Waals surface area contributed by atoms with E-state index in [1.54, 1.807) is 0 Å². The third-order valence-electron chi connectivity index (χ3n) is 2.50. The smallest absolute Gasteiger partial charge is 0.300 e. The lowest BCUT2D eigenvalue weighted by Gasteiger charge is -1.98. The molecule has 0 saturated carbocycles. The molecule has 0 heterocycles. The number of carboxylic acids is 1. The Kier molecular flexibility index (Phi) is 20.2. The van der Waals surface area contributed by atoms with Crippen molar-refractivity contribution in [1.82, 2.24) is 0 Å². The molecule has 0 bridgehead atoms. The van der Waals surface area contributed by atoms with Gasteiger partial charge in [0.2, 0.25) is 0 Å². The van der Waals surface area contributed by atoms with E-state index < -0.39 is 5.97 Å². The number of allylic oxidation sites excluding steroid dienone is 3. The molecule has 0 aromatic carbocycles. The maximum atomic E-state index is 9.00. The van der Waals surface area contributed by atoms with Crippen LogP contribution in [0.25, 0.3) is 0 Å². The second-order valence-electron chi connectivity index (χ2n) is 4.48. The minimum absolute atomic E-state index is 0.833. The second kappa shape index (κ2) is 19.1. The molecular weight excluding hydrogens is 240 g/mol. The van der Waals surface area contributed by atoms with Gasteiger partial charge in [0.25, 0.3) is 5.97 Å². The molecule has 0 aliphatic carbocycles. The van der Waals surface area contributed by atoms with Gasteiger partial charge in [-0.1, -0.05) is 50.8 Å². The van der Waals surface area contributed by atoms with Gasteiger partial charge in [-0.2, -0.15) is 0 Å². The summed E-state index contributed by atoms with van der Waals surface area (Å²) < 4.78 is 0. The molecule has 0 unspecified atom stereocenters. The Morgan fingerprint density at radius 1 is 0.895 bits per heavy atom. The first-order valence-corrected chi connectivity index (χ1v) is 7.28. The quantitative estimate of drug-likeness (QED) is 0.324. The standard InChI is InChI=1S/C14H26O.C2H4O2/c1-2-3-4-5-6-7-8-9-10-11-12-13-14-15;1-2(3)4/h3-4,13-15H,2,5-12H2,1H3;1H3,(H,3,4). The van der Waals surface area contributed by atoms with E-state index in [-0.39, 0.29) is 0 Å². The fraction of sp³-hybridized carbons (Fsp3) is 0.688. The van der Waals surface area contributed by atoms with Crippen LogP contribution in [0.4, 0.5) is 0 Å². The number of hydrogen-bond donors (Lipinski definition) is 2. The van der Waals surface area contributed by atoms with E-state index >= 15 is 0 Å². The molecule has 19 heavy (non-hydrogen) atoms. The molecule has 0 atom stereocenters. The van der Waals surface area contributed by atoms with Crippen LogP contribution in [-0.4, -0.2) is 16.2 Å². The van der Waals surface area contributed by atoms with E-state index in [9.17, 15) is 0 Å². The molecule has 3 nitrogen and oxygen atoms in total. The zero-order valence-corrected chi connectivity index (χ0v) is 12.5. The van der Waals surface area contributed by atoms with Crippen molar-refractivity contribution < 1.29 is 15.0 Å². The predicted octanol–water partition coefficient (Wildman–Crippen LogP) is 5.24. The first-order chi connectivity index (χ1) is 9.15. The van der Waals surface area contributed by atoms with E-state index in [4.69, 9.17) is 15.0 Å². The molecule has 0 amide bonds. The summed E-state index contributed by atoms with van der Waals surface area (Å²) in [5.41, 5.74) is 0. The molecule has 3 heteroatoms. The van der Waals surface area contributed by atoms with Crippen LogP contribution in [0.5, 0.6) is 0 Å². The van der Waals surface area contributed by atoms with Gasteiger partial charge >= 0.3 is 0 Å². The van der Waals surface area contributed by atoms with Crippen molar-refractivity contribution in [3.05, 3.63) is 24.5 Å². The van der Waals surface area contributed by atoms with Gasteiger partial charge in [-0.05, 0) is 32.1 Å². The Morgan fingerprint density at radius 3 is 1.74 bits per heavy atom. The number of carboxylic acid groups (broad SMARTS) is 1. The van der Waals surface area contributed by atoms with Crippen molar-refractivity contribution in [2.24, 2.45) is 0 Å². The first-order valence-electron chi connectivity index (χ1n) is 7.28. The van der Waals surface area contributed by atoms with E-state index in [2.05, 4.69) is 19.1 Å². The fourth-order valence-electron chi connectivity index (χ4n) is 1.59. The molecule has 0 aliphatic heterocycles. The van der Waals surface area contributed by atoms with Crippen molar-refractivity contribution in [1.29, 1.82) is 0 Å². The molecule has 112 valence electrons. The molecule has 0 rings (SSSR count). The summed E-state index contributed by atoms with van der Waals surface area (Å²) in [6.45, 7) is 3.26. The average molecular weight is 270 g/mol. The lowest BCUT2D eigenvalue weighted by Crippen LogP contribution is -1.79. The summed E-state index contributed by atoms with van der Waals surface area (Å²) in [6.07, 6.45) is 18.9. The van der Waals surface area contributed by atoms with Crippen molar-refractivity contribution in [2.45, 2.75) is 71.6 Å². The zero-order chi connectivity index (χ0) is 14.8. The van der Waals surface area contributed by atoms with Crippen molar-refractivity contribution in [2.75, 3.05) is 0 Å². The topological polar surface area (TPSA) is 57.5 Å². The highest BCUT2D eigenvalue weighted by molar-refractivity contribution is 5.62. The van der Waals surface area contributed by atoms with E-state index in [1.807, 2.05) is 6.08 Å². The van der Waals surface area contributed by atoms with Crippen LogP contribution in [0.3, 0.4) is 0 Å². The second-order valence-corrected chi connectivity index (χ2v) is 4.48. The third-order valence-corrected chi connectivity index (χ3v) is 2.50. The first kappa shape index (κ1) is 20.1. The van der Waals surface area contributed by atoms with Crippen molar-refractivity contribution in [3.63, 3.8) is 0 Å². The average Bonchev–Trinajstić information content (AvgIpc) is 2.35. The molecule has 0 saturated heterocycles. The maximum Gasteiger partial charge on any atom is 0.300 e. The number of aliphatic carboxylic acids is 1. The number of unbranched alkanes of at least 4 members (excludes halogenated alkanes) is 7. The van der Waals surface area contributed by atoms with Crippen LogP contribution in [-0.2, 0) is 4.79 Å². The largest absolute Gasteiger partial charge is 0.516 e. The lowest BCUT2D eigenvalue weighted by molar-refractivity contribution is -0.134. The van der Waals surface area contributed by atoms with E-state index in [0.717, 1.165) is 19.6 Å². The van der Waals surface area contributed by atoms with E-state index in [1.165, 1.54) is 51.4 Å². The number of carbonyl (C=O) groups is 1. The van der Waals surface area contributed by atoms with Gasteiger partial charge in [-0.25, -0.2) is 0 Å². The van der Waals surface area contributed by atoms with Crippen LogP contribution in [0.2, 0.25) is 0 Å². The monoisotopic (exact) mass is 270 g/mol. The third kappa shape index (κ3) is 31.5. The minimum atomic E-state index is -0.833. The lowest BCUT2D eigenvalue weighted by atomic mass is 10.1. The Hall–Kier alpha value is -1.25. The SMILES string of the molecule is CC(=O)O.CCC=CCCCCCCCCC=CO. The Balaban J connectivity index is 0. The highest BCUT2D eigenvalue weighted by Gasteiger charge is 1.89. The molecule has 0 aliphatic rings.